The number of nitrogens with zero attached hydrogens (tertiary/aromatic N) is 1. The number of nitrogens with one attached hydrogen (secondary N) is 1. The molecule has 2 rings (SSSR count). The number of amides is 1. The smallest absolute Gasteiger partial charge is 0.311 e. The molecule has 2 aromatic rings. The third-order valence-corrected chi connectivity index (χ3v) is 3.31. The molecule has 2 aromatic carbocycles. The van der Waals surface area contributed by atoms with Crippen LogP contribution in [-0.4, -0.2) is 24.2 Å². The molecule has 0 aliphatic carbocycles. The SMILES string of the molecule is CCOC(=O)C/C(C)=N/NC(=O)Cc1cccc2ccccc12. The number of fused-ring (bicyclic) bond motifs is 1. The van der Waals surface area contributed by atoms with Crippen molar-refractivity contribution >= 4 is 28.4 Å². The minimum atomic E-state index is -0.350. The van der Waals surface area contributed by atoms with Crippen LogP contribution in [0.1, 0.15) is 25.8 Å². The molecule has 23 heavy (non-hydrogen) atoms. The molecule has 5 heteroatoms. The Balaban J connectivity index is 1.98. The molecule has 5 nitrogen and oxygen atoms in total. The maximum atomic E-state index is 12.0. The fourth-order valence-electron chi connectivity index (χ4n) is 2.28. The normalized spacial score (nSPS) is 11.3. The minimum Gasteiger partial charge on any atom is -0.466 e. The molecule has 0 bridgehead atoms. The van der Waals surface area contributed by atoms with E-state index in [1.165, 1.54) is 0 Å². The van der Waals surface area contributed by atoms with Crippen LogP contribution >= 0.6 is 0 Å². The zero-order valence-electron chi connectivity index (χ0n) is 13.3. The predicted molar refractivity (Wildman–Crippen MR) is 90.2 cm³/mol. The van der Waals surface area contributed by atoms with Crippen molar-refractivity contribution in [2.45, 2.75) is 26.7 Å². The fraction of sp³-hybridized carbons (Fsp3) is 0.278. The largest absolute Gasteiger partial charge is 0.466 e. The van der Waals surface area contributed by atoms with Crippen LogP contribution in [-0.2, 0) is 20.7 Å². The second kappa shape index (κ2) is 8.08. The molecular weight excluding hydrogens is 292 g/mol. The average molecular weight is 312 g/mol. The van der Waals surface area contributed by atoms with E-state index in [0.717, 1.165) is 16.3 Å². The van der Waals surface area contributed by atoms with E-state index in [4.69, 9.17) is 4.74 Å². The summed E-state index contributed by atoms with van der Waals surface area (Å²) in [5.41, 5.74) is 3.94. The van der Waals surface area contributed by atoms with Crippen molar-refractivity contribution in [3.63, 3.8) is 0 Å². The quantitative estimate of drug-likeness (QED) is 0.506. The van der Waals surface area contributed by atoms with Gasteiger partial charge in [0.05, 0.1) is 19.4 Å². The first-order chi connectivity index (χ1) is 11.1. The van der Waals surface area contributed by atoms with Gasteiger partial charge in [-0.3, -0.25) is 9.59 Å². The summed E-state index contributed by atoms with van der Waals surface area (Å²) in [5, 5.41) is 6.09. The summed E-state index contributed by atoms with van der Waals surface area (Å²) in [4.78, 5) is 23.4. The van der Waals surface area contributed by atoms with E-state index in [9.17, 15) is 9.59 Å². The number of ether oxygens (including phenoxy) is 1. The van der Waals surface area contributed by atoms with Gasteiger partial charge in [0.1, 0.15) is 0 Å². The number of carbonyl (C=O) groups is 2. The number of hydrogen-bond donors (Lipinski definition) is 1. The van der Waals surface area contributed by atoms with Crippen molar-refractivity contribution < 1.29 is 14.3 Å². The first kappa shape index (κ1) is 16.7. The average Bonchev–Trinajstić information content (AvgIpc) is 2.53. The molecule has 0 fully saturated rings. The zero-order valence-corrected chi connectivity index (χ0v) is 13.3. The predicted octanol–water partition coefficient (Wildman–Crippen LogP) is 2.83. The van der Waals surface area contributed by atoms with Gasteiger partial charge in [0.15, 0.2) is 0 Å². The van der Waals surface area contributed by atoms with Crippen molar-refractivity contribution in [1.82, 2.24) is 5.43 Å². The van der Waals surface area contributed by atoms with E-state index in [1.54, 1.807) is 13.8 Å². The van der Waals surface area contributed by atoms with Gasteiger partial charge in [-0.05, 0) is 30.2 Å². The number of hydrogen-bond acceptors (Lipinski definition) is 4. The van der Waals surface area contributed by atoms with Gasteiger partial charge in [-0.1, -0.05) is 42.5 Å². The molecular formula is C18H20N2O3. The first-order valence-corrected chi connectivity index (χ1v) is 7.54. The maximum absolute atomic E-state index is 12.0. The molecule has 0 unspecified atom stereocenters. The molecule has 0 heterocycles. The molecule has 1 amide bonds. The number of benzene rings is 2. The lowest BCUT2D eigenvalue weighted by atomic mass is 10.0. The lowest BCUT2D eigenvalue weighted by molar-refractivity contribution is -0.141. The standard InChI is InChI=1S/C18H20N2O3/c1-3-23-18(22)11-13(2)19-20-17(21)12-15-9-6-8-14-7-4-5-10-16(14)15/h4-10H,3,11-12H2,1-2H3,(H,20,21)/b19-13+. The van der Waals surface area contributed by atoms with Crippen LogP contribution < -0.4 is 5.43 Å². The maximum Gasteiger partial charge on any atom is 0.311 e. The van der Waals surface area contributed by atoms with Gasteiger partial charge in [0.25, 0.3) is 0 Å². The van der Waals surface area contributed by atoms with Crippen molar-refractivity contribution in [3.05, 3.63) is 48.0 Å². The Bertz CT molecular complexity index is 733. The highest BCUT2D eigenvalue weighted by atomic mass is 16.5. The van der Waals surface area contributed by atoms with Crippen LogP contribution in [0.25, 0.3) is 10.8 Å². The summed E-state index contributed by atoms with van der Waals surface area (Å²) in [6.45, 7) is 3.75. The third-order valence-electron chi connectivity index (χ3n) is 3.31. The molecule has 0 saturated heterocycles. The van der Waals surface area contributed by atoms with Gasteiger partial charge in [-0.25, -0.2) is 5.43 Å². The Morgan fingerprint density at radius 2 is 1.87 bits per heavy atom. The fourth-order valence-corrected chi connectivity index (χ4v) is 2.28. The van der Waals surface area contributed by atoms with Crippen LogP contribution in [0.15, 0.2) is 47.6 Å². The van der Waals surface area contributed by atoms with Crippen LogP contribution in [0.2, 0.25) is 0 Å². The monoisotopic (exact) mass is 312 g/mol. The summed E-state index contributed by atoms with van der Waals surface area (Å²) in [5.74, 6) is -0.568. The number of rotatable bonds is 6. The minimum absolute atomic E-state index is 0.0718. The van der Waals surface area contributed by atoms with Crippen molar-refractivity contribution in [2.24, 2.45) is 5.10 Å². The first-order valence-electron chi connectivity index (χ1n) is 7.54. The molecule has 0 aliphatic heterocycles. The van der Waals surface area contributed by atoms with E-state index >= 15 is 0 Å². The Kier molecular flexibility index (Phi) is 5.86. The summed E-state index contributed by atoms with van der Waals surface area (Å²) < 4.78 is 4.83. The highest BCUT2D eigenvalue weighted by Gasteiger charge is 2.08. The Hall–Kier alpha value is -2.69. The molecule has 0 spiro atoms. The summed E-state index contributed by atoms with van der Waals surface area (Å²) >= 11 is 0. The highest BCUT2D eigenvalue weighted by Crippen LogP contribution is 2.18. The second-order valence-corrected chi connectivity index (χ2v) is 5.18. The Morgan fingerprint density at radius 1 is 1.13 bits per heavy atom. The third kappa shape index (κ3) is 4.92. The summed E-state index contributed by atoms with van der Waals surface area (Å²) in [6.07, 6.45) is 0.305. The molecule has 0 aliphatic rings. The number of hydrazone groups is 1. The second-order valence-electron chi connectivity index (χ2n) is 5.18. The van der Waals surface area contributed by atoms with Gasteiger partial charge in [-0.2, -0.15) is 5.10 Å². The highest BCUT2D eigenvalue weighted by molar-refractivity contribution is 5.98. The summed E-state index contributed by atoms with van der Waals surface area (Å²) in [7, 11) is 0. The van der Waals surface area contributed by atoms with E-state index in [-0.39, 0.29) is 24.7 Å². The lowest BCUT2D eigenvalue weighted by Gasteiger charge is -2.06. The molecule has 120 valence electrons. The summed E-state index contributed by atoms with van der Waals surface area (Å²) in [6, 6.07) is 13.8. The van der Waals surface area contributed by atoms with Crippen molar-refractivity contribution in [1.29, 1.82) is 0 Å². The van der Waals surface area contributed by atoms with E-state index in [2.05, 4.69) is 10.5 Å². The Labute approximate surface area is 135 Å². The Morgan fingerprint density at radius 3 is 2.65 bits per heavy atom. The van der Waals surface area contributed by atoms with Crippen LogP contribution in [0.3, 0.4) is 0 Å². The van der Waals surface area contributed by atoms with Crippen LogP contribution in [0.5, 0.6) is 0 Å². The van der Waals surface area contributed by atoms with Crippen molar-refractivity contribution in [3.8, 4) is 0 Å². The van der Waals surface area contributed by atoms with E-state index < -0.39 is 0 Å². The van der Waals surface area contributed by atoms with Gasteiger partial charge < -0.3 is 4.74 Å². The number of esters is 1. The van der Waals surface area contributed by atoms with Crippen molar-refractivity contribution in [2.75, 3.05) is 6.61 Å². The molecule has 0 aromatic heterocycles. The lowest BCUT2D eigenvalue weighted by Crippen LogP contribution is -2.22. The van der Waals surface area contributed by atoms with Gasteiger partial charge >= 0.3 is 5.97 Å². The molecule has 0 atom stereocenters. The van der Waals surface area contributed by atoms with Crippen LogP contribution in [0, 0.1) is 0 Å². The van der Waals surface area contributed by atoms with E-state index in [0.29, 0.717) is 12.3 Å². The van der Waals surface area contributed by atoms with Gasteiger partial charge in [-0.15, -0.1) is 0 Å². The number of carbonyl (C=O) groups excluding carboxylic acids is 2. The van der Waals surface area contributed by atoms with Gasteiger partial charge in [0.2, 0.25) is 5.91 Å². The molecule has 1 N–H and O–H groups in total. The zero-order chi connectivity index (χ0) is 16.7. The molecule has 0 saturated carbocycles. The van der Waals surface area contributed by atoms with Gasteiger partial charge in [0, 0.05) is 5.71 Å². The van der Waals surface area contributed by atoms with E-state index in [1.807, 2.05) is 42.5 Å². The van der Waals surface area contributed by atoms with Crippen LogP contribution in [0.4, 0.5) is 0 Å². The topological polar surface area (TPSA) is 67.8 Å². The molecule has 0 radical (unpaired) electrons.